The highest BCUT2D eigenvalue weighted by Gasteiger charge is 2.20. The van der Waals surface area contributed by atoms with Crippen molar-refractivity contribution < 1.29 is 18.7 Å². The second-order valence-electron chi connectivity index (χ2n) is 6.98. The number of pyridine rings is 1. The molecule has 152 valence electrons. The Bertz CT molecular complexity index is 1230. The number of ether oxygens (including phenoxy) is 1. The topological polar surface area (TPSA) is 99.2 Å². The van der Waals surface area contributed by atoms with E-state index in [2.05, 4.69) is 15.4 Å². The van der Waals surface area contributed by atoms with Gasteiger partial charge in [-0.25, -0.2) is 14.5 Å². The largest absolute Gasteiger partial charge is 0.465 e. The minimum atomic E-state index is -0.476. The fraction of sp³-hybridized carbons (Fsp3) is 0.182. The number of nitrogens with zero attached hydrogens (tertiary/aromatic N) is 3. The Kier molecular flexibility index (Phi) is 5.05. The number of benzene rings is 1. The molecule has 0 aliphatic heterocycles. The summed E-state index contributed by atoms with van der Waals surface area (Å²) in [5.74, 6) is -0.272. The van der Waals surface area contributed by atoms with Crippen LogP contribution >= 0.6 is 0 Å². The molecule has 0 fully saturated rings. The molecule has 0 bridgehead atoms. The Morgan fingerprint density at radius 1 is 1.17 bits per heavy atom. The van der Waals surface area contributed by atoms with Gasteiger partial charge in [0, 0.05) is 11.7 Å². The van der Waals surface area contributed by atoms with Crippen molar-refractivity contribution in [2.75, 3.05) is 12.4 Å². The number of aromatic nitrogens is 3. The molecular weight excluding hydrogens is 384 g/mol. The van der Waals surface area contributed by atoms with E-state index in [1.165, 1.54) is 7.11 Å². The fourth-order valence-corrected chi connectivity index (χ4v) is 3.17. The second kappa shape index (κ2) is 7.82. The van der Waals surface area contributed by atoms with E-state index < -0.39 is 5.97 Å². The van der Waals surface area contributed by atoms with Gasteiger partial charge in [-0.2, -0.15) is 5.10 Å². The van der Waals surface area contributed by atoms with Gasteiger partial charge in [0.05, 0.1) is 36.1 Å². The average Bonchev–Trinajstić information content (AvgIpc) is 3.42. The van der Waals surface area contributed by atoms with E-state index >= 15 is 0 Å². The van der Waals surface area contributed by atoms with Gasteiger partial charge >= 0.3 is 5.97 Å². The van der Waals surface area contributed by atoms with Crippen LogP contribution in [0.25, 0.3) is 22.5 Å². The molecule has 0 spiro atoms. The number of anilines is 1. The van der Waals surface area contributed by atoms with E-state index in [4.69, 9.17) is 9.15 Å². The Morgan fingerprint density at radius 2 is 2.00 bits per heavy atom. The van der Waals surface area contributed by atoms with Crippen LogP contribution < -0.4 is 5.32 Å². The highest BCUT2D eigenvalue weighted by Crippen LogP contribution is 2.27. The third-order valence-corrected chi connectivity index (χ3v) is 4.62. The van der Waals surface area contributed by atoms with Crippen molar-refractivity contribution in [3.05, 3.63) is 66.1 Å². The maximum atomic E-state index is 13.2. The summed E-state index contributed by atoms with van der Waals surface area (Å²) in [6, 6.07) is 11.8. The summed E-state index contributed by atoms with van der Waals surface area (Å²) in [5, 5.41) is 7.86. The first-order valence-corrected chi connectivity index (χ1v) is 9.40. The van der Waals surface area contributed by atoms with Crippen molar-refractivity contribution in [2.24, 2.45) is 0 Å². The van der Waals surface area contributed by atoms with Gasteiger partial charge in [0.25, 0.3) is 5.91 Å². The third-order valence-electron chi connectivity index (χ3n) is 4.62. The van der Waals surface area contributed by atoms with Crippen LogP contribution in [0.1, 0.15) is 40.6 Å². The summed E-state index contributed by atoms with van der Waals surface area (Å²) in [6.07, 6.45) is 3.19. The zero-order valence-electron chi connectivity index (χ0n) is 16.7. The highest BCUT2D eigenvalue weighted by atomic mass is 16.5. The van der Waals surface area contributed by atoms with Gasteiger partial charge in [-0.1, -0.05) is 6.07 Å². The number of hydrogen-bond acceptors (Lipinski definition) is 6. The number of fused-ring (bicyclic) bond motifs is 1. The van der Waals surface area contributed by atoms with Crippen molar-refractivity contribution in [1.82, 2.24) is 14.8 Å². The van der Waals surface area contributed by atoms with Crippen LogP contribution in [-0.4, -0.2) is 33.8 Å². The highest BCUT2D eigenvalue weighted by molar-refractivity contribution is 6.12. The molecule has 8 heteroatoms. The fourth-order valence-electron chi connectivity index (χ4n) is 3.17. The number of hydrogen-bond donors (Lipinski definition) is 1. The predicted octanol–water partition coefficient (Wildman–Crippen LogP) is 4.31. The molecule has 0 radical (unpaired) electrons. The molecule has 4 aromatic rings. The Labute approximate surface area is 172 Å². The Hall–Kier alpha value is -3.94. The number of nitrogens with one attached hydrogen (secondary N) is 1. The van der Waals surface area contributed by atoms with E-state index in [9.17, 15) is 9.59 Å². The van der Waals surface area contributed by atoms with Gasteiger partial charge in [-0.15, -0.1) is 0 Å². The minimum Gasteiger partial charge on any atom is -0.465 e. The predicted molar refractivity (Wildman–Crippen MR) is 111 cm³/mol. The zero-order valence-corrected chi connectivity index (χ0v) is 16.7. The lowest BCUT2D eigenvalue weighted by Gasteiger charge is -2.11. The van der Waals surface area contributed by atoms with Gasteiger partial charge in [-0.3, -0.25) is 4.79 Å². The first-order chi connectivity index (χ1) is 14.5. The standard InChI is InChI=1S/C22H20N4O4/c1-13(2)26-20-17(12-23-26)16(11-18(25-20)19-8-5-9-30-19)21(27)24-15-7-4-6-14(10-15)22(28)29-3/h4-13H,1-3H3,(H,24,27). The van der Waals surface area contributed by atoms with Crippen molar-refractivity contribution in [3.63, 3.8) is 0 Å². The van der Waals surface area contributed by atoms with E-state index in [-0.39, 0.29) is 11.9 Å². The Morgan fingerprint density at radius 3 is 2.70 bits per heavy atom. The quantitative estimate of drug-likeness (QED) is 0.498. The SMILES string of the molecule is COC(=O)c1cccc(NC(=O)c2cc(-c3ccco3)nc3c2cnn3C(C)C)c1. The van der Waals surface area contributed by atoms with Gasteiger partial charge in [0.2, 0.25) is 0 Å². The third kappa shape index (κ3) is 3.55. The van der Waals surface area contributed by atoms with E-state index in [0.29, 0.717) is 39.3 Å². The van der Waals surface area contributed by atoms with Crippen LogP contribution in [0.15, 0.2) is 59.3 Å². The molecule has 1 amide bonds. The van der Waals surface area contributed by atoms with Crippen molar-refractivity contribution in [3.8, 4) is 11.5 Å². The van der Waals surface area contributed by atoms with Crippen LogP contribution in [0.5, 0.6) is 0 Å². The van der Waals surface area contributed by atoms with E-state index in [1.54, 1.807) is 59.6 Å². The van der Waals surface area contributed by atoms with Crippen molar-refractivity contribution in [2.45, 2.75) is 19.9 Å². The number of carbonyl (C=O) groups is 2. The van der Waals surface area contributed by atoms with E-state index in [0.717, 1.165) is 0 Å². The molecule has 1 aromatic carbocycles. The van der Waals surface area contributed by atoms with Crippen LogP contribution in [0.4, 0.5) is 5.69 Å². The lowest BCUT2D eigenvalue weighted by atomic mass is 10.1. The summed E-state index contributed by atoms with van der Waals surface area (Å²) in [4.78, 5) is 29.6. The van der Waals surface area contributed by atoms with Gasteiger partial charge in [-0.05, 0) is 50.2 Å². The first-order valence-electron chi connectivity index (χ1n) is 9.40. The summed E-state index contributed by atoms with van der Waals surface area (Å²) in [7, 11) is 1.31. The molecule has 3 aromatic heterocycles. The van der Waals surface area contributed by atoms with Crippen LogP contribution in [0.2, 0.25) is 0 Å². The minimum absolute atomic E-state index is 0.0644. The van der Waals surface area contributed by atoms with Crippen molar-refractivity contribution in [1.29, 1.82) is 0 Å². The molecule has 0 atom stereocenters. The van der Waals surface area contributed by atoms with Crippen molar-refractivity contribution >= 4 is 28.6 Å². The maximum Gasteiger partial charge on any atom is 0.337 e. The number of esters is 1. The summed E-state index contributed by atoms with van der Waals surface area (Å²) < 4.78 is 12.0. The number of methoxy groups -OCH3 is 1. The molecule has 30 heavy (non-hydrogen) atoms. The van der Waals surface area contributed by atoms with Gasteiger partial charge < -0.3 is 14.5 Å². The van der Waals surface area contributed by atoms with E-state index in [1.807, 2.05) is 13.8 Å². The monoisotopic (exact) mass is 404 g/mol. The van der Waals surface area contributed by atoms with Crippen LogP contribution in [0.3, 0.4) is 0 Å². The molecule has 0 saturated carbocycles. The first kappa shape index (κ1) is 19.4. The molecule has 0 aliphatic carbocycles. The zero-order chi connectivity index (χ0) is 21.3. The molecule has 0 unspecified atom stereocenters. The summed E-state index contributed by atoms with van der Waals surface area (Å²) in [6.45, 7) is 3.98. The lowest BCUT2D eigenvalue weighted by Crippen LogP contribution is -2.14. The smallest absolute Gasteiger partial charge is 0.337 e. The second-order valence-corrected chi connectivity index (χ2v) is 6.98. The number of rotatable bonds is 5. The molecule has 0 saturated heterocycles. The molecule has 1 N–H and O–H groups in total. The van der Waals surface area contributed by atoms with Crippen LogP contribution in [-0.2, 0) is 4.74 Å². The Balaban J connectivity index is 1.78. The summed E-state index contributed by atoms with van der Waals surface area (Å²) in [5.41, 5.74) is 2.35. The molecule has 0 aliphatic rings. The van der Waals surface area contributed by atoms with Gasteiger partial charge in [0.15, 0.2) is 11.4 Å². The maximum absolute atomic E-state index is 13.2. The number of carbonyl (C=O) groups excluding carboxylic acids is 2. The molecule has 4 rings (SSSR count). The lowest BCUT2D eigenvalue weighted by molar-refractivity contribution is 0.0600. The number of amides is 1. The molecule has 3 heterocycles. The molecular formula is C22H20N4O4. The number of furan rings is 1. The normalized spacial score (nSPS) is 11.1. The van der Waals surface area contributed by atoms with Gasteiger partial charge in [0.1, 0.15) is 5.69 Å². The summed E-state index contributed by atoms with van der Waals surface area (Å²) >= 11 is 0. The average molecular weight is 404 g/mol. The van der Waals surface area contributed by atoms with Crippen LogP contribution in [0, 0.1) is 0 Å². The molecule has 8 nitrogen and oxygen atoms in total.